The fraction of sp³-hybridized carbons (Fsp3) is 0.643. The van der Waals surface area contributed by atoms with Gasteiger partial charge in [-0.05, 0) is 12.8 Å². The minimum absolute atomic E-state index is 0.00506. The number of amides is 1. The second-order valence-corrected chi connectivity index (χ2v) is 5.51. The number of nitrogens with zero attached hydrogens (tertiary/aromatic N) is 3. The summed E-state index contributed by atoms with van der Waals surface area (Å²) in [5.41, 5.74) is 0.472. The lowest BCUT2D eigenvalue weighted by atomic mass is 9.79. The lowest BCUT2D eigenvalue weighted by Gasteiger charge is -2.49. The van der Waals surface area contributed by atoms with Crippen LogP contribution in [0.4, 0.5) is 0 Å². The topological polar surface area (TPSA) is 58.1 Å². The first-order valence-electron chi connectivity index (χ1n) is 7.11. The molecule has 1 N–H and O–H groups in total. The zero-order valence-electron chi connectivity index (χ0n) is 11.1. The van der Waals surface area contributed by atoms with Crippen LogP contribution in [-0.4, -0.2) is 45.9 Å². The highest BCUT2D eigenvalue weighted by Gasteiger charge is 2.42. The van der Waals surface area contributed by atoms with Crippen LogP contribution in [-0.2, 0) is 0 Å². The van der Waals surface area contributed by atoms with Gasteiger partial charge in [0.25, 0.3) is 5.91 Å². The van der Waals surface area contributed by atoms with Gasteiger partial charge in [0, 0.05) is 32.0 Å². The van der Waals surface area contributed by atoms with Crippen LogP contribution in [0.1, 0.15) is 42.6 Å². The van der Waals surface area contributed by atoms with Crippen LogP contribution in [0.25, 0.3) is 0 Å². The van der Waals surface area contributed by atoms with Crippen LogP contribution in [0.3, 0.4) is 0 Å². The molecule has 0 aromatic carbocycles. The number of rotatable bonds is 1. The average Bonchev–Trinajstić information content (AvgIpc) is 2.49. The molecule has 3 rings (SSSR count). The fourth-order valence-electron chi connectivity index (χ4n) is 3.37. The standard InChI is InChI=1S/C14H20N4O/c19-13(12-10-15-6-7-17-12)18-9-8-16-11-14(18)4-2-1-3-5-14/h6-7,10,16H,1-5,8-9,11H2. The third-order valence-corrected chi connectivity index (χ3v) is 4.35. The van der Waals surface area contributed by atoms with Gasteiger partial charge < -0.3 is 10.2 Å². The van der Waals surface area contributed by atoms with Gasteiger partial charge in [0.15, 0.2) is 0 Å². The van der Waals surface area contributed by atoms with Gasteiger partial charge in [-0.15, -0.1) is 0 Å². The van der Waals surface area contributed by atoms with Crippen molar-refractivity contribution in [2.24, 2.45) is 0 Å². The van der Waals surface area contributed by atoms with Crippen molar-refractivity contribution in [3.8, 4) is 0 Å². The van der Waals surface area contributed by atoms with Crippen molar-refractivity contribution in [2.75, 3.05) is 19.6 Å². The molecule has 19 heavy (non-hydrogen) atoms. The van der Waals surface area contributed by atoms with E-state index in [2.05, 4.69) is 15.3 Å². The van der Waals surface area contributed by atoms with Crippen molar-refractivity contribution in [2.45, 2.75) is 37.6 Å². The number of hydrogen-bond acceptors (Lipinski definition) is 4. The molecule has 0 radical (unpaired) electrons. The van der Waals surface area contributed by atoms with Crippen molar-refractivity contribution in [3.63, 3.8) is 0 Å². The smallest absolute Gasteiger partial charge is 0.274 e. The zero-order valence-corrected chi connectivity index (χ0v) is 11.1. The second kappa shape index (κ2) is 5.25. The molecule has 1 aromatic rings. The third-order valence-electron chi connectivity index (χ3n) is 4.35. The molecule has 1 aliphatic heterocycles. The van der Waals surface area contributed by atoms with E-state index < -0.39 is 0 Å². The Morgan fingerprint density at radius 2 is 2.11 bits per heavy atom. The van der Waals surface area contributed by atoms with E-state index in [1.54, 1.807) is 18.6 Å². The largest absolute Gasteiger partial charge is 0.329 e. The molecule has 0 atom stereocenters. The van der Waals surface area contributed by atoms with Crippen LogP contribution >= 0.6 is 0 Å². The van der Waals surface area contributed by atoms with E-state index in [0.29, 0.717) is 5.69 Å². The summed E-state index contributed by atoms with van der Waals surface area (Å²) in [6.45, 7) is 2.56. The Kier molecular flexibility index (Phi) is 3.46. The molecule has 5 nitrogen and oxygen atoms in total. The van der Waals surface area contributed by atoms with Crippen molar-refractivity contribution < 1.29 is 4.79 Å². The lowest BCUT2D eigenvalue weighted by molar-refractivity contribution is 0.0217. The first-order chi connectivity index (χ1) is 9.32. The Hall–Kier alpha value is -1.49. The predicted molar refractivity (Wildman–Crippen MR) is 71.8 cm³/mol. The van der Waals surface area contributed by atoms with Gasteiger partial charge in [-0.1, -0.05) is 19.3 Å². The number of carbonyl (C=O) groups excluding carboxylic acids is 1. The molecule has 1 amide bonds. The second-order valence-electron chi connectivity index (χ2n) is 5.51. The van der Waals surface area contributed by atoms with E-state index in [1.165, 1.54) is 19.3 Å². The number of carbonyl (C=O) groups is 1. The summed E-state index contributed by atoms with van der Waals surface area (Å²) in [7, 11) is 0. The van der Waals surface area contributed by atoms with Crippen LogP contribution in [0.15, 0.2) is 18.6 Å². The minimum atomic E-state index is 0.00506. The molecule has 0 bridgehead atoms. The van der Waals surface area contributed by atoms with Crippen LogP contribution in [0.2, 0.25) is 0 Å². The van der Waals surface area contributed by atoms with Gasteiger partial charge in [-0.25, -0.2) is 4.98 Å². The van der Waals surface area contributed by atoms with Gasteiger partial charge in [0.2, 0.25) is 0 Å². The van der Waals surface area contributed by atoms with Gasteiger partial charge in [0.1, 0.15) is 5.69 Å². The van der Waals surface area contributed by atoms with Crippen LogP contribution < -0.4 is 5.32 Å². The molecule has 1 aromatic heterocycles. The average molecular weight is 260 g/mol. The highest BCUT2D eigenvalue weighted by molar-refractivity contribution is 5.92. The van der Waals surface area contributed by atoms with Gasteiger partial charge in [-0.3, -0.25) is 9.78 Å². The summed E-state index contributed by atoms with van der Waals surface area (Å²) in [5.74, 6) is 0.0384. The third kappa shape index (κ3) is 2.34. The van der Waals surface area contributed by atoms with Gasteiger partial charge >= 0.3 is 0 Å². The first-order valence-corrected chi connectivity index (χ1v) is 7.11. The van der Waals surface area contributed by atoms with Crippen molar-refractivity contribution >= 4 is 5.91 Å². The summed E-state index contributed by atoms with van der Waals surface area (Å²) in [4.78, 5) is 22.9. The van der Waals surface area contributed by atoms with E-state index in [-0.39, 0.29) is 11.4 Å². The van der Waals surface area contributed by atoms with E-state index in [9.17, 15) is 4.79 Å². The zero-order chi connectivity index (χ0) is 13.1. The molecular formula is C14H20N4O. The highest BCUT2D eigenvalue weighted by atomic mass is 16.2. The Morgan fingerprint density at radius 3 is 2.84 bits per heavy atom. The molecule has 2 heterocycles. The SMILES string of the molecule is O=C(c1cnccn1)N1CCNCC12CCCCC2. The van der Waals surface area contributed by atoms with E-state index in [1.807, 2.05) is 4.90 Å². The van der Waals surface area contributed by atoms with Gasteiger partial charge in [-0.2, -0.15) is 0 Å². The van der Waals surface area contributed by atoms with Crippen molar-refractivity contribution in [1.29, 1.82) is 0 Å². The first kappa shape index (κ1) is 12.5. The maximum atomic E-state index is 12.7. The van der Waals surface area contributed by atoms with Gasteiger partial charge in [0.05, 0.1) is 11.7 Å². The number of aromatic nitrogens is 2. The molecule has 2 fully saturated rings. The quantitative estimate of drug-likeness (QED) is 0.825. The maximum Gasteiger partial charge on any atom is 0.274 e. The number of hydrogen-bond donors (Lipinski definition) is 1. The molecule has 102 valence electrons. The lowest BCUT2D eigenvalue weighted by Crippen LogP contribution is -2.63. The number of nitrogens with one attached hydrogen (secondary N) is 1. The Morgan fingerprint density at radius 1 is 1.26 bits per heavy atom. The molecule has 1 saturated heterocycles. The summed E-state index contributed by atoms with van der Waals surface area (Å²) in [6.07, 6.45) is 10.7. The van der Waals surface area contributed by atoms with E-state index in [4.69, 9.17) is 0 Å². The van der Waals surface area contributed by atoms with Crippen molar-refractivity contribution in [3.05, 3.63) is 24.3 Å². The van der Waals surface area contributed by atoms with Crippen LogP contribution in [0.5, 0.6) is 0 Å². The molecule has 1 saturated carbocycles. The summed E-state index contributed by atoms with van der Waals surface area (Å²) in [5, 5.41) is 3.45. The number of piperazine rings is 1. The summed E-state index contributed by atoms with van der Waals surface area (Å²) < 4.78 is 0. The van der Waals surface area contributed by atoms with E-state index >= 15 is 0 Å². The Labute approximate surface area is 113 Å². The highest BCUT2D eigenvalue weighted by Crippen LogP contribution is 2.35. The molecule has 5 heteroatoms. The predicted octanol–water partition coefficient (Wildman–Crippen LogP) is 1.22. The van der Waals surface area contributed by atoms with Crippen LogP contribution in [0, 0.1) is 0 Å². The molecule has 0 unspecified atom stereocenters. The summed E-state index contributed by atoms with van der Waals surface area (Å²) >= 11 is 0. The fourth-order valence-corrected chi connectivity index (χ4v) is 3.37. The monoisotopic (exact) mass is 260 g/mol. The Bertz CT molecular complexity index is 434. The van der Waals surface area contributed by atoms with E-state index in [0.717, 1.165) is 32.5 Å². The Balaban J connectivity index is 1.86. The van der Waals surface area contributed by atoms with Crippen molar-refractivity contribution in [1.82, 2.24) is 20.2 Å². The molecule has 2 aliphatic rings. The normalized spacial score (nSPS) is 22.4. The maximum absolute atomic E-state index is 12.7. The molecular weight excluding hydrogens is 240 g/mol. The molecule has 1 spiro atoms. The minimum Gasteiger partial charge on any atom is -0.329 e. The molecule has 1 aliphatic carbocycles. The summed E-state index contributed by atoms with van der Waals surface area (Å²) in [6, 6.07) is 0.